The molecule has 7 heteroatoms. The Morgan fingerprint density at radius 1 is 1.09 bits per heavy atom. The van der Waals surface area contributed by atoms with E-state index in [1.807, 2.05) is 30.6 Å². The van der Waals surface area contributed by atoms with Gasteiger partial charge < -0.3 is 9.30 Å². The van der Waals surface area contributed by atoms with Gasteiger partial charge in [0.25, 0.3) is 0 Å². The lowest BCUT2D eigenvalue weighted by molar-refractivity contribution is 0.148. The first-order valence-electron chi connectivity index (χ1n) is 11.2. The lowest BCUT2D eigenvalue weighted by Gasteiger charge is -2.43. The Bertz CT molecular complexity index is 1370. The van der Waals surface area contributed by atoms with Crippen molar-refractivity contribution in [2.24, 2.45) is 0 Å². The van der Waals surface area contributed by atoms with Gasteiger partial charge in [0, 0.05) is 55.2 Å². The van der Waals surface area contributed by atoms with Crippen molar-refractivity contribution in [3.63, 3.8) is 0 Å². The Kier molecular flexibility index (Phi) is 5.26. The van der Waals surface area contributed by atoms with Crippen LogP contribution < -0.4 is 9.64 Å². The lowest BCUT2D eigenvalue weighted by Crippen LogP contribution is -2.54. The maximum Gasteiger partial charge on any atom is 0.240 e. The number of nitrogens with zero attached hydrogens (tertiary/aromatic N) is 5. The molecule has 1 aromatic carbocycles. The summed E-state index contributed by atoms with van der Waals surface area (Å²) < 4.78 is 2.08. The molecule has 0 spiro atoms. The van der Waals surface area contributed by atoms with Crippen LogP contribution in [0.15, 0.2) is 41.5 Å². The second kappa shape index (κ2) is 7.98. The summed E-state index contributed by atoms with van der Waals surface area (Å²) in [4.78, 5) is 28.2. The van der Waals surface area contributed by atoms with Crippen molar-refractivity contribution in [3.8, 4) is 10.6 Å². The number of hydrogen-bond donors (Lipinski definition) is 0. The number of anilines is 1. The van der Waals surface area contributed by atoms with Crippen molar-refractivity contribution in [1.82, 2.24) is 19.3 Å². The number of rotatable bonds is 3. The second-order valence-electron chi connectivity index (χ2n) is 9.12. The summed E-state index contributed by atoms with van der Waals surface area (Å²) >= 11 is 1.27. The molecule has 1 saturated heterocycles. The quantitative estimate of drug-likeness (QED) is 0.463. The van der Waals surface area contributed by atoms with Crippen molar-refractivity contribution in [2.75, 3.05) is 24.5 Å². The van der Waals surface area contributed by atoms with Gasteiger partial charge in [-0.1, -0.05) is 17.4 Å². The molecule has 0 amide bonds. The number of piperazine rings is 1. The fourth-order valence-electron chi connectivity index (χ4n) is 4.89. The SMILES string of the molecule is Cc1cn2cc(-c3cc4ccc(N5CCN(C(C)C)C(C)C5)cc4c(=O)s3)nc2c(C)n1. The van der Waals surface area contributed by atoms with Gasteiger partial charge in [-0.15, -0.1) is 0 Å². The monoisotopic (exact) mass is 447 g/mol. The van der Waals surface area contributed by atoms with Crippen LogP contribution in [-0.4, -0.2) is 51.0 Å². The van der Waals surface area contributed by atoms with Crippen LogP contribution in [0.1, 0.15) is 32.2 Å². The van der Waals surface area contributed by atoms with Gasteiger partial charge in [-0.25, -0.2) is 4.98 Å². The molecule has 6 nitrogen and oxygen atoms in total. The van der Waals surface area contributed by atoms with Crippen molar-refractivity contribution < 1.29 is 0 Å². The Morgan fingerprint density at radius 3 is 2.66 bits per heavy atom. The average molecular weight is 448 g/mol. The minimum absolute atomic E-state index is 0.0799. The summed E-state index contributed by atoms with van der Waals surface area (Å²) in [5, 5.41) is 1.75. The molecule has 166 valence electrons. The summed E-state index contributed by atoms with van der Waals surface area (Å²) in [6, 6.07) is 9.43. The zero-order chi connectivity index (χ0) is 22.6. The Morgan fingerprint density at radius 2 is 1.91 bits per heavy atom. The second-order valence-corrected chi connectivity index (χ2v) is 10.1. The molecule has 5 rings (SSSR count). The molecule has 0 radical (unpaired) electrons. The summed E-state index contributed by atoms with van der Waals surface area (Å²) in [6.07, 6.45) is 3.95. The van der Waals surface area contributed by atoms with E-state index in [1.54, 1.807) is 0 Å². The van der Waals surface area contributed by atoms with E-state index in [9.17, 15) is 4.79 Å². The maximum atomic E-state index is 13.1. The largest absolute Gasteiger partial charge is 0.369 e. The lowest BCUT2D eigenvalue weighted by atomic mass is 10.1. The zero-order valence-corrected chi connectivity index (χ0v) is 20.1. The van der Waals surface area contributed by atoms with Crippen molar-refractivity contribution >= 4 is 33.4 Å². The molecular weight excluding hydrogens is 418 g/mol. The van der Waals surface area contributed by atoms with Crippen LogP contribution in [0.25, 0.3) is 27.0 Å². The van der Waals surface area contributed by atoms with Gasteiger partial charge >= 0.3 is 0 Å². The standard InChI is InChI=1S/C25H29N5OS/c1-15(2)30-9-8-28(13-17(30)4)20-7-6-19-10-23(32-25(31)21(19)11-20)22-14-29-12-16(3)26-18(5)24(29)27-22/h6-7,10-12,14-15,17H,8-9,13H2,1-5H3. The Balaban J connectivity index is 1.49. The minimum atomic E-state index is 0.0799. The fourth-order valence-corrected chi connectivity index (χ4v) is 5.77. The van der Waals surface area contributed by atoms with Crippen LogP contribution in [0, 0.1) is 13.8 Å². The highest BCUT2D eigenvalue weighted by molar-refractivity contribution is 7.13. The normalized spacial score (nSPS) is 17.7. The third-order valence-electron chi connectivity index (χ3n) is 6.43. The van der Waals surface area contributed by atoms with Crippen LogP contribution in [0.4, 0.5) is 5.69 Å². The van der Waals surface area contributed by atoms with E-state index in [0.717, 1.165) is 63.7 Å². The highest BCUT2D eigenvalue weighted by Gasteiger charge is 2.25. The Labute approximate surface area is 192 Å². The molecule has 1 atom stereocenters. The number of imidazole rings is 1. The van der Waals surface area contributed by atoms with Gasteiger partial charge in [-0.2, -0.15) is 0 Å². The summed E-state index contributed by atoms with van der Waals surface area (Å²) in [5.41, 5.74) is 4.61. The number of benzene rings is 1. The van der Waals surface area contributed by atoms with E-state index in [2.05, 4.69) is 59.8 Å². The average Bonchev–Trinajstić information content (AvgIpc) is 3.17. The first kappa shape index (κ1) is 21.1. The van der Waals surface area contributed by atoms with Gasteiger partial charge in [0.1, 0.15) is 0 Å². The van der Waals surface area contributed by atoms with E-state index in [1.165, 1.54) is 11.3 Å². The predicted octanol–water partition coefficient (Wildman–Crippen LogP) is 4.51. The van der Waals surface area contributed by atoms with E-state index in [0.29, 0.717) is 12.1 Å². The van der Waals surface area contributed by atoms with Crippen molar-refractivity contribution in [1.29, 1.82) is 0 Å². The number of aryl methyl sites for hydroxylation is 2. The first-order valence-corrected chi connectivity index (χ1v) is 12.0. The molecule has 0 aliphatic carbocycles. The highest BCUT2D eigenvalue weighted by atomic mass is 32.1. The van der Waals surface area contributed by atoms with E-state index in [-0.39, 0.29) is 4.74 Å². The minimum Gasteiger partial charge on any atom is -0.369 e. The fraction of sp³-hybridized carbons (Fsp3) is 0.400. The van der Waals surface area contributed by atoms with Gasteiger partial charge in [-0.05, 0) is 58.2 Å². The molecule has 4 aromatic rings. The molecule has 0 bridgehead atoms. The van der Waals surface area contributed by atoms with Gasteiger partial charge in [0.05, 0.1) is 22.0 Å². The highest BCUT2D eigenvalue weighted by Crippen LogP contribution is 2.29. The molecule has 1 unspecified atom stereocenters. The third-order valence-corrected chi connectivity index (χ3v) is 7.38. The summed E-state index contributed by atoms with van der Waals surface area (Å²) in [7, 11) is 0. The van der Waals surface area contributed by atoms with Crippen LogP contribution in [-0.2, 0) is 0 Å². The molecule has 4 heterocycles. The number of aromatic nitrogens is 3. The van der Waals surface area contributed by atoms with Gasteiger partial charge in [-0.3, -0.25) is 14.7 Å². The van der Waals surface area contributed by atoms with Gasteiger partial charge in [0.15, 0.2) is 5.65 Å². The molecule has 0 N–H and O–H groups in total. The van der Waals surface area contributed by atoms with Crippen LogP contribution in [0.2, 0.25) is 0 Å². The molecular formula is C25H29N5OS. The molecule has 0 saturated carbocycles. The van der Waals surface area contributed by atoms with E-state index in [4.69, 9.17) is 4.98 Å². The van der Waals surface area contributed by atoms with Crippen molar-refractivity contribution in [3.05, 3.63) is 57.6 Å². The first-order chi connectivity index (χ1) is 15.3. The van der Waals surface area contributed by atoms with Crippen LogP contribution in [0.3, 0.4) is 0 Å². The zero-order valence-electron chi connectivity index (χ0n) is 19.3. The molecule has 1 fully saturated rings. The topological polar surface area (TPSA) is 53.7 Å². The molecule has 3 aromatic heterocycles. The summed E-state index contributed by atoms with van der Waals surface area (Å²) in [5.74, 6) is 0. The molecule has 1 aliphatic rings. The number of hydrogen-bond acceptors (Lipinski definition) is 6. The van der Waals surface area contributed by atoms with Gasteiger partial charge in [0.2, 0.25) is 4.74 Å². The van der Waals surface area contributed by atoms with E-state index < -0.39 is 0 Å². The maximum absolute atomic E-state index is 13.1. The van der Waals surface area contributed by atoms with Crippen LogP contribution >= 0.6 is 11.3 Å². The van der Waals surface area contributed by atoms with Crippen molar-refractivity contribution in [2.45, 2.75) is 46.7 Å². The van der Waals surface area contributed by atoms with E-state index >= 15 is 0 Å². The number of fused-ring (bicyclic) bond motifs is 2. The predicted molar refractivity (Wildman–Crippen MR) is 133 cm³/mol. The third kappa shape index (κ3) is 3.69. The summed E-state index contributed by atoms with van der Waals surface area (Å²) in [6.45, 7) is 13.7. The Hall–Kier alpha value is -2.77. The molecule has 32 heavy (non-hydrogen) atoms. The van der Waals surface area contributed by atoms with Crippen LogP contribution in [0.5, 0.6) is 0 Å². The smallest absolute Gasteiger partial charge is 0.240 e. The molecule has 1 aliphatic heterocycles.